The second kappa shape index (κ2) is 7.36. The van der Waals surface area contributed by atoms with Gasteiger partial charge in [0.1, 0.15) is 0 Å². The quantitative estimate of drug-likeness (QED) is 0.484. The fourth-order valence-corrected chi connectivity index (χ4v) is 2.38. The number of anilines is 1. The van der Waals surface area contributed by atoms with Crippen LogP contribution < -0.4 is 10.6 Å². The van der Waals surface area contributed by atoms with Crippen LogP contribution in [0.4, 0.5) is 11.4 Å². The van der Waals surface area contributed by atoms with E-state index in [1.807, 2.05) is 0 Å². The molecule has 0 spiro atoms. The molecule has 0 atom stereocenters. The second-order valence-electron chi connectivity index (χ2n) is 4.34. The number of thiocarbonyl (C=S) groups is 1. The zero-order valence-corrected chi connectivity index (χ0v) is 13.7. The number of rotatable bonds is 3. The van der Waals surface area contributed by atoms with E-state index in [1.54, 1.807) is 0 Å². The number of carbonyl (C=O) groups is 1. The number of nitrogens with one attached hydrogen (secondary N) is 2. The Morgan fingerprint density at radius 3 is 2.35 bits per heavy atom. The number of hydrogen-bond donors (Lipinski definition) is 2. The molecule has 0 aromatic heterocycles. The van der Waals surface area contributed by atoms with Gasteiger partial charge in [0.15, 0.2) is 5.11 Å². The summed E-state index contributed by atoms with van der Waals surface area (Å²) in [6, 6.07) is 10.1. The van der Waals surface area contributed by atoms with Crippen LogP contribution in [0.25, 0.3) is 0 Å². The monoisotopic (exact) mass is 369 g/mol. The van der Waals surface area contributed by atoms with Crippen molar-refractivity contribution in [3.8, 4) is 0 Å². The Morgan fingerprint density at radius 1 is 1.13 bits per heavy atom. The minimum absolute atomic E-state index is 0.0369. The number of hydrogen-bond acceptors (Lipinski definition) is 4. The molecule has 9 heteroatoms. The largest absolute Gasteiger partial charge is 0.332 e. The maximum absolute atomic E-state index is 12.1. The number of halogens is 2. The Hall–Kier alpha value is -2.22. The third-order valence-electron chi connectivity index (χ3n) is 2.74. The van der Waals surface area contributed by atoms with Gasteiger partial charge in [0.05, 0.1) is 15.5 Å². The summed E-state index contributed by atoms with van der Waals surface area (Å²) in [5, 5.41) is 16.4. The van der Waals surface area contributed by atoms with Crippen LogP contribution in [0.5, 0.6) is 0 Å². The number of non-ortho nitro benzene ring substituents is 1. The molecule has 0 saturated carbocycles. The molecule has 0 unspecified atom stereocenters. The van der Waals surface area contributed by atoms with Gasteiger partial charge in [0.2, 0.25) is 0 Å². The third kappa shape index (κ3) is 4.62. The lowest BCUT2D eigenvalue weighted by atomic mass is 10.2. The van der Waals surface area contributed by atoms with E-state index < -0.39 is 10.8 Å². The van der Waals surface area contributed by atoms with E-state index in [0.717, 1.165) is 0 Å². The van der Waals surface area contributed by atoms with Gasteiger partial charge in [-0.3, -0.25) is 20.2 Å². The predicted molar refractivity (Wildman–Crippen MR) is 93.2 cm³/mol. The number of benzene rings is 2. The molecule has 23 heavy (non-hydrogen) atoms. The summed E-state index contributed by atoms with van der Waals surface area (Å²) < 4.78 is 0. The highest BCUT2D eigenvalue weighted by Crippen LogP contribution is 2.21. The maximum Gasteiger partial charge on any atom is 0.269 e. The van der Waals surface area contributed by atoms with Gasteiger partial charge >= 0.3 is 0 Å². The number of amides is 1. The molecule has 0 bridgehead atoms. The molecule has 0 aliphatic heterocycles. The maximum atomic E-state index is 12.1. The Kier molecular flexibility index (Phi) is 5.49. The van der Waals surface area contributed by atoms with Crippen LogP contribution in [-0.4, -0.2) is 15.9 Å². The normalized spacial score (nSPS) is 10.0. The van der Waals surface area contributed by atoms with Crippen LogP contribution >= 0.6 is 35.4 Å². The van der Waals surface area contributed by atoms with Crippen LogP contribution in [0.2, 0.25) is 10.0 Å². The van der Waals surface area contributed by atoms with Crippen molar-refractivity contribution in [2.45, 2.75) is 0 Å². The second-order valence-corrected chi connectivity index (χ2v) is 5.59. The highest BCUT2D eigenvalue weighted by molar-refractivity contribution is 7.80. The Labute approximate surface area is 146 Å². The van der Waals surface area contributed by atoms with E-state index in [4.69, 9.17) is 35.4 Å². The lowest BCUT2D eigenvalue weighted by molar-refractivity contribution is -0.384. The van der Waals surface area contributed by atoms with Crippen molar-refractivity contribution in [3.05, 3.63) is 68.2 Å². The first kappa shape index (κ1) is 17.1. The molecular weight excluding hydrogens is 361 g/mol. The van der Waals surface area contributed by atoms with Crippen molar-refractivity contribution in [2.75, 3.05) is 5.32 Å². The molecule has 2 aromatic carbocycles. The van der Waals surface area contributed by atoms with Gasteiger partial charge in [-0.25, -0.2) is 0 Å². The Balaban J connectivity index is 2.01. The molecule has 2 N–H and O–H groups in total. The summed E-state index contributed by atoms with van der Waals surface area (Å²) in [5.41, 5.74) is 0.686. The predicted octanol–water partition coefficient (Wildman–Crippen LogP) is 4.03. The smallest absolute Gasteiger partial charge is 0.269 e. The van der Waals surface area contributed by atoms with Crippen molar-refractivity contribution < 1.29 is 9.72 Å². The minimum Gasteiger partial charge on any atom is -0.332 e. The molecule has 0 aliphatic carbocycles. The van der Waals surface area contributed by atoms with E-state index in [0.29, 0.717) is 10.7 Å². The molecule has 6 nitrogen and oxygen atoms in total. The first-order chi connectivity index (χ1) is 10.9. The molecule has 2 rings (SSSR count). The summed E-state index contributed by atoms with van der Waals surface area (Å²) in [6.45, 7) is 0. The molecule has 1 amide bonds. The lowest BCUT2D eigenvalue weighted by Gasteiger charge is -2.10. The SMILES string of the molecule is O=C(NC(=S)Nc1ccc([N+](=O)[O-])cc1)c1ccc(Cl)cc1Cl. The fraction of sp³-hybridized carbons (Fsp3) is 0. The first-order valence-corrected chi connectivity index (χ1v) is 7.35. The fourth-order valence-electron chi connectivity index (χ4n) is 1.67. The number of nitrogens with zero attached hydrogens (tertiary/aromatic N) is 1. The van der Waals surface area contributed by atoms with Crippen molar-refractivity contribution >= 4 is 57.8 Å². The molecule has 2 aromatic rings. The molecule has 0 saturated heterocycles. The van der Waals surface area contributed by atoms with Gasteiger partial charge in [-0.15, -0.1) is 0 Å². The van der Waals surface area contributed by atoms with Crippen LogP contribution in [0.15, 0.2) is 42.5 Å². The standard InChI is InChI=1S/C14H9Cl2N3O3S/c15-8-1-6-11(12(16)7-8)13(20)18-14(23)17-9-2-4-10(5-3-9)19(21)22/h1-7H,(H2,17,18,20,23). The zero-order chi connectivity index (χ0) is 17.0. The number of carbonyl (C=O) groups excluding carboxylic acids is 1. The van der Waals surface area contributed by atoms with Gasteiger partial charge in [0, 0.05) is 22.8 Å². The van der Waals surface area contributed by atoms with E-state index >= 15 is 0 Å². The average Bonchev–Trinajstić information content (AvgIpc) is 2.47. The van der Waals surface area contributed by atoms with E-state index in [9.17, 15) is 14.9 Å². The van der Waals surface area contributed by atoms with Gasteiger partial charge in [-0.1, -0.05) is 23.2 Å². The van der Waals surface area contributed by atoms with Crippen molar-refractivity contribution in [1.29, 1.82) is 0 Å². The van der Waals surface area contributed by atoms with Gasteiger partial charge < -0.3 is 5.32 Å². The van der Waals surface area contributed by atoms with E-state index in [-0.39, 0.29) is 21.4 Å². The summed E-state index contributed by atoms with van der Waals surface area (Å²) in [5.74, 6) is -0.494. The van der Waals surface area contributed by atoms with Crippen molar-refractivity contribution in [1.82, 2.24) is 5.32 Å². The topological polar surface area (TPSA) is 84.3 Å². The van der Waals surface area contributed by atoms with E-state index in [2.05, 4.69) is 10.6 Å². The van der Waals surface area contributed by atoms with Gasteiger partial charge in [0.25, 0.3) is 11.6 Å². The summed E-state index contributed by atoms with van der Waals surface area (Å²) >= 11 is 16.7. The highest BCUT2D eigenvalue weighted by Gasteiger charge is 2.12. The molecule has 0 heterocycles. The van der Waals surface area contributed by atoms with Crippen LogP contribution in [-0.2, 0) is 0 Å². The number of nitro benzene ring substituents is 1. The van der Waals surface area contributed by atoms with Crippen molar-refractivity contribution in [2.24, 2.45) is 0 Å². The zero-order valence-electron chi connectivity index (χ0n) is 11.4. The number of nitro groups is 1. The van der Waals surface area contributed by atoms with Crippen molar-refractivity contribution in [3.63, 3.8) is 0 Å². The molecular formula is C14H9Cl2N3O3S. The molecule has 118 valence electrons. The van der Waals surface area contributed by atoms with Crippen LogP contribution in [0.1, 0.15) is 10.4 Å². The summed E-state index contributed by atoms with van der Waals surface area (Å²) in [6.07, 6.45) is 0. The molecule has 0 aliphatic rings. The van der Waals surface area contributed by atoms with Crippen LogP contribution in [0.3, 0.4) is 0 Å². The molecule has 0 fully saturated rings. The third-order valence-corrected chi connectivity index (χ3v) is 3.49. The summed E-state index contributed by atoms with van der Waals surface area (Å²) in [4.78, 5) is 22.1. The Bertz CT molecular complexity index is 781. The lowest BCUT2D eigenvalue weighted by Crippen LogP contribution is -2.34. The summed E-state index contributed by atoms with van der Waals surface area (Å²) in [7, 11) is 0. The minimum atomic E-state index is -0.508. The Morgan fingerprint density at radius 2 is 1.78 bits per heavy atom. The first-order valence-electron chi connectivity index (χ1n) is 6.18. The molecule has 0 radical (unpaired) electrons. The highest BCUT2D eigenvalue weighted by atomic mass is 35.5. The van der Waals surface area contributed by atoms with Gasteiger partial charge in [-0.2, -0.15) is 0 Å². The van der Waals surface area contributed by atoms with E-state index in [1.165, 1.54) is 42.5 Å². The average molecular weight is 370 g/mol. The van der Waals surface area contributed by atoms with Gasteiger partial charge in [-0.05, 0) is 42.5 Å². The van der Waals surface area contributed by atoms with Crippen LogP contribution in [0, 0.1) is 10.1 Å².